The van der Waals surface area contributed by atoms with Gasteiger partial charge in [-0.3, -0.25) is 0 Å². The van der Waals surface area contributed by atoms with Gasteiger partial charge in [-0.05, 0) is 25.1 Å². The Morgan fingerprint density at radius 3 is 2.90 bits per heavy atom. The Morgan fingerprint density at radius 1 is 1.45 bits per heavy atom. The van der Waals surface area contributed by atoms with E-state index in [1.807, 2.05) is 6.92 Å². The molecule has 1 heterocycles. The molecule has 1 aromatic heterocycles. The number of nitrogens with zero attached hydrogens (tertiary/aromatic N) is 3. The topological polar surface area (TPSA) is 103 Å². The first-order valence-electron chi connectivity index (χ1n) is 5.85. The summed E-state index contributed by atoms with van der Waals surface area (Å²) in [7, 11) is -3.91. The molecule has 7 nitrogen and oxygen atoms in total. The molecule has 9 heteroatoms. The van der Waals surface area contributed by atoms with E-state index in [1.54, 1.807) is 4.57 Å². The van der Waals surface area contributed by atoms with E-state index in [4.69, 9.17) is 5.73 Å². The lowest BCUT2D eigenvalue weighted by atomic mass is 10.3. The molecular formula is C11H14FN5O2S. The summed E-state index contributed by atoms with van der Waals surface area (Å²) in [5, 5.41) is 7.50. The normalized spacial score (nSPS) is 11.7. The first-order chi connectivity index (χ1) is 9.44. The second-order valence-corrected chi connectivity index (χ2v) is 5.78. The minimum absolute atomic E-state index is 0.0177. The van der Waals surface area contributed by atoms with Crippen molar-refractivity contribution in [2.45, 2.75) is 24.9 Å². The highest BCUT2D eigenvalue weighted by Gasteiger charge is 2.19. The van der Waals surface area contributed by atoms with Crippen molar-refractivity contribution in [3.8, 4) is 0 Å². The molecule has 0 atom stereocenters. The zero-order valence-electron chi connectivity index (χ0n) is 10.7. The third-order valence-electron chi connectivity index (χ3n) is 2.72. The summed E-state index contributed by atoms with van der Waals surface area (Å²) < 4.78 is 41.3. The first-order valence-corrected chi connectivity index (χ1v) is 7.33. The number of anilines is 1. The van der Waals surface area contributed by atoms with Gasteiger partial charge in [-0.25, -0.2) is 17.5 Å². The predicted octanol–water partition coefficient (Wildman–Crippen LogP) is 0.498. The van der Waals surface area contributed by atoms with Crippen molar-refractivity contribution in [1.82, 2.24) is 19.5 Å². The lowest BCUT2D eigenvalue weighted by Gasteiger charge is -2.09. The molecule has 0 aliphatic rings. The van der Waals surface area contributed by atoms with Gasteiger partial charge in [-0.2, -0.15) is 0 Å². The van der Waals surface area contributed by atoms with Gasteiger partial charge in [0.05, 0.1) is 12.2 Å². The van der Waals surface area contributed by atoms with E-state index in [1.165, 1.54) is 12.4 Å². The molecular weight excluding hydrogens is 285 g/mol. The molecule has 0 fully saturated rings. The van der Waals surface area contributed by atoms with Gasteiger partial charge >= 0.3 is 0 Å². The van der Waals surface area contributed by atoms with Gasteiger partial charge in [0.2, 0.25) is 10.0 Å². The van der Waals surface area contributed by atoms with Crippen LogP contribution in [-0.2, 0) is 23.1 Å². The fourth-order valence-electron chi connectivity index (χ4n) is 1.66. The van der Waals surface area contributed by atoms with Crippen LogP contribution in [0, 0.1) is 5.82 Å². The van der Waals surface area contributed by atoms with Gasteiger partial charge in [-0.15, -0.1) is 10.2 Å². The Bertz CT molecular complexity index is 713. The Kier molecular flexibility index (Phi) is 4.00. The molecule has 0 saturated heterocycles. The monoisotopic (exact) mass is 299 g/mol. The van der Waals surface area contributed by atoms with Crippen LogP contribution in [0.25, 0.3) is 0 Å². The quantitative estimate of drug-likeness (QED) is 0.782. The molecule has 0 saturated carbocycles. The van der Waals surface area contributed by atoms with Gasteiger partial charge in [-0.1, -0.05) is 0 Å². The van der Waals surface area contributed by atoms with Gasteiger partial charge < -0.3 is 10.3 Å². The summed E-state index contributed by atoms with van der Waals surface area (Å²) in [5.74, 6) is -0.206. The number of hydrogen-bond donors (Lipinski definition) is 2. The maximum Gasteiger partial charge on any atom is 0.243 e. The Labute approximate surface area is 115 Å². The highest BCUT2D eigenvalue weighted by atomic mass is 32.2. The largest absolute Gasteiger partial charge is 0.398 e. The lowest BCUT2D eigenvalue weighted by Crippen LogP contribution is -2.26. The fraction of sp³-hybridized carbons (Fsp3) is 0.273. The zero-order chi connectivity index (χ0) is 14.8. The number of rotatable bonds is 5. The molecule has 3 N–H and O–H groups in total. The van der Waals surface area contributed by atoms with E-state index in [2.05, 4.69) is 14.9 Å². The van der Waals surface area contributed by atoms with Crippen molar-refractivity contribution in [2.75, 3.05) is 5.73 Å². The molecule has 108 valence electrons. The van der Waals surface area contributed by atoms with Crippen LogP contribution in [0.15, 0.2) is 29.4 Å². The number of benzene rings is 1. The Morgan fingerprint density at radius 2 is 2.20 bits per heavy atom. The molecule has 2 rings (SSSR count). The van der Waals surface area contributed by atoms with Crippen molar-refractivity contribution >= 4 is 15.7 Å². The summed E-state index contributed by atoms with van der Waals surface area (Å²) >= 11 is 0. The molecule has 2 aromatic rings. The minimum Gasteiger partial charge on any atom is -0.398 e. The van der Waals surface area contributed by atoms with Crippen molar-refractivity contribution in [3.63, 3.8) is 0 Å². The SMILES string of the molecule is CCn1cnnc1CNS(=O)(=O)c1cc(F)ccc1N. The smallest absolute Gasteiger partial charge is 0.243 e. The highest BCUT2D eigenvalue weighted by Crippen LogP contribution is 2.19. The van der Waals surface area contributed by atoms with Gasteiger partial charge in [0.25, 0.3) is 0 Å². The van der Waals surface area contributed by atoms with E-state index in [-0.39, 0.29) is 17.1 Å². The third-order valence-corrected chi connectivity index (χ3v) is 4.18. The molecule has 0 aliphatic heterocycles. The fourth-order valence-corrected chi connectivity index (χ4v) is 2.78. The second kappa shape index (κ2) is 5.55. The van der Waals surface area contributed by atoms with Crippen LogP contribution in [0.4, 0.5) is 10.1 Å². The average Bonchev–Trinajstić information content (AvgIpc) is 2.86. The van der Waals surface area contributed by atoms with Crippen LogP contribution >= 0.6 is 0 Å². The van der Waals surface area contributed by atoms with Crippen molar-refractivity contribution < 1.29 is 12.8 Å². The number of nitrogens with two attached hydrogens (primary N) is 1. The van der Waals surface area contributed by atoms with Gasteiger partial charge in [0, 0.05) is 6.54 Å². The van der Waals surface area contributed by atoms with Crippen molar-refractivity contribution in [2.24, 2.45) is 0 Å². The molecule has 0 bridgehead atoms. The van der Waals surface area contributed by atoms with E-state index >= 15 is 0 Å². The lowest BCUT2D eigenvalue weighted by molar-refractivity contribution is 0.572. The number of nitrogen functional groups attached to an aromatic ring is 1. The van der Waals surface area contributed by atoms with E-state index in [9.17, 15) is 12.8 Å². The summed E-state index contributed by atoms with van der Waals surface area (Å²) in [6, 6.07) is 3.18. The van der Waals surface area contributed by atoms with Crippen molar-refractivity contribution in [3.05, 3.63) is 36.2 Å². The van der Waals surface area contributed by atoms with E-state index in [0.29, 0.717) is 12.4 Å². The summed E-state index contributed by atoms with van der Waals surface area (Å²) in [4.78, 5) is -0.292. The highest BCUT2D eigenvalue weighted by molar-refractivity contribution is 7.89. The number of sulfonamides is 1. The van der Waals surface area contributed by atoms with Crippen LogP contribution in [0.5, 0.6) is 0 Å². The van der Waals surface area contributed by atoms with Crippen LogP contribution in [0.3, 0.4) is 0 Å². The van der Waals surface area contributed by atoms with Crippen LogP contribution in [-0.4, -0.2) is 23.2 Å². The first kappa shape index (κ1) is 14.4. The standard InChI is InChI=1S/C11H14FN5O2S/c1-2-17-7-14-16-11(17)6-15-20(18,19)10-5-8(12)3-4-9(10)13/h3-5,7,15H,2,6,13H2,1H3. The third kappa shape index (κ3) is 2.94. The maximum atomic E-state index is 13.1. The van der Waals surface area contributed by atoms with E-state index < -0.39 is 15.8 Å². The summed E-state index contributed by atoms with van der Waals surface area (Å²) in [6.45, 7) is 2.45. The Balaban J connectivity index is 2.21. The molecule has 0 radical (unpaired) electrons. The molecule has 0 spiro atoms. The molecule has 20 heavy (non-hydrogen) atoms. The Hall–Kier alpha value is -2.00. The zero-order valence-corrected chi connectivity index (χ0v) is 11.6. The summed E-state index contributed by atoms with van der Waals surface area (Å²) in [5.41, 5.74) is 5.54. The van der Waals surface area contributed by atoms with Crippen molar-refractivity contribution in [1.29, 1.82) is 0 Å². The van der Waals surface area contributed by atoms with E-state index in [0.717, 1.165) is 12.1 Å². The average molecular weight is 299 g/mol. The van der Waals surface area contributed by atoms with Crippen LogP contribution in [0.1, 0.15) is 12.7 Å². The number of aromatic nitrogens is 3. The van der Waals surface area contributed by atoms with Crippen LogP contribution in [0.2, 0.25) is 0 Å². The second-order valence-electron chi connectivity index (χ2n) is 4.04. The molecule has 0 amide bonds. The molecule has 0 aliphatic carbocycles. The van der Waals surface area contributed by atoms with Gasteiger partial charge in [0.1, 0.15) is 22.9 Å². The molecule has 1 aromatic carbocycles. The molecule has 0 unspecified atom stereocenters. The van der Waals surface area contributed by atoms with Crippen LogP contribution < -0.4 is 10.5 Å². The number of aryl methyl sites for hydroxylation is 1. The number of hydrogen-bond acceptors (Lipinski definition) is 5. The maximum absolute atomic E-state index is 13.1. The predicted molar refractivity (Wildman–Crippen MR) is 70.5 cm³/mol. The minimum atomic E-state index is -3.91. The number of halogens is 1. The number of nitrogens with one attached hydrogen (secondary N) is 1. The van der Waals surface area contributed by atoms with Gasteiger partial charge in [0.15, 0.2) is 0 Å². The summed E-state index contributed by atoms with van der Waals surface area (Å²) in [6.07, 6.45) is 1.50.